The third kappa shape index (κ3) is 2.35. The molecule has 1 saturated heterocycles. The van der Waals surface area contributed by atoms with Gasteiger partial charge in [-0.15, -0.1) is 0 Å². The Kier molecular flexibility index (Phi) is 3.22. The minimum atomic E-state index is 0.206. The number of anilines is 1. The van der Waals surface area contributed by atoms with Crippen molar-refractivity contribution in [1.29, 1.82) is 0 Å². The predicted molar refractivity (Wildman–Crippen MR) is 67.0 cm³/mol. The Labute approximate surface area is 101 Å². The van der Waals surface area contributed by atoms with Crippen molar-refractivity contribution in [3.8, 4) is 5.75 Å². The van der Waals surface area contributed by atoms with Crippen LogP contribution in [-0.4, -0.2) is 31.5 Å². The fourth-order valence-corrected chi connectivity index (χ4v) is 2.21. The highest BCUT2D eigenvalue weighted by Crippen LogP contribution is 2.32. The summed E-state index contributed by atoms with van der Waals surface area (Å²) in [6, 6.07) is 5.77. The molecule has 0 bridgehead atoms. The fraction of sp³-hybridized carbons (Fsp3) is 0.462. The van der Waals surface area contributed by atoms with Crippen LogP contribution in [0.5, 0.6) is 5.75 Å². The normalized spacial score (nSPS) is 20.5. The summed E-state index contributed by atoms with van der Waals surface area (Å²) in [4.78, 5) is 13.5. The number of piperidine rings is 1. The first kappa shape index (κ1) is 11.8. The molecule has 1 unspecified atom stereocenters. The molecule has 4 heteroatoms. The summed E-state index contributed by atoms with van der Waals surface area (Å²) >= 11 is 0. The van der Waals surface area contributed by atoms with Gasteiger partial charge in [0.2, 0.25) is 5.91 Å². The zero-order valence-electron chi connectivity index (χ0n) is 10.3. The van der Waals surface area contributed by atoms with E-state index in [0.29, 0.717) is 17.9 Å². The van der Waals surface area contributed by atoms with E-state index in [1.807, 2.05) is 25.2 Å². The Morgan fingerprint density at radius 1 is 1.47 bits per heavy atom. The van der Waals surface area contributed by atoms with E-state index in [4.69, 9.17) is 10.5 Å². The van der Waals surface area contributed by atoms with Crippen LogP contribution in [0.2, 0.25) is 0 Å². The fourth-order valence-electron chi connectivity index (χ4n) is 2.21. The highest BCUT2D eigenvalue weighted by atomic mass is 16.5. The lowest BCUT2D eigenvalue weighted by Gasteiger charge is -2.29. The number of ether oxygens (including phenoxy) is 1. The quantitative estimate of drug-likeness (QED) is 0.791. The molecular formula is C13H18N2O2. The number of methoxy groups -OCH3 is 1. The minimum absolute atomic E-state index is 0.206. The number of hydrogen-bond acceptors (Lipinski definition) is 3. The van der Waals surface area contributed by atoms with E-state index >= 15 is 0 Å². The van der Waals surface area contributed by atoms with Crippen LogP contribution in [0.1, 0.15) is 24.3 Å². The number of carbonyl (C=O) groups is 1. The van der Waals surface area contributed by atoms with Crippen LogP contribution in [0.4, 0.5) is 5.69 Å². The van der Waals surface area contributed by atoms with Crippen LogP contribution in [0.3, 0.4) is 0 Å². The maximum atomic E-state index is 11.7. The summed E-state index contributed by atoms with van der Waals surface area (Å²) in [5, 5.41) is 0. The molecule has 1 amide bonds. The topological polar surface area (TPSA) is 55.6 Å². The van der Waals surface area contributed by atoms with Gasteiger partial charge in [0.25, 0.3) is 0 Å². The van der Waals surface area contributed by atoms with Gasteiger partial charge in [0.05, 0.1) is 12.8 Å². The van der Waals surface area contributed by atoms with Crippen LogP contribution in [-0.2, 0) is 4.79 Å². The van der Waals surface area contributed by atoms with Crippen molar-refractivity contribution in [2.45, 2.75) is 18.8 Å². The maximum Gasteiger partial charge on any atom is 0.222 e. The van der Waals surface area contributed by atoms with Gasteiger partial charge in [-0.3, -0.25) is 4.79 Å². The zero-order chi connectivity index (χ0) is 12.4. The Balaban J connectivity index is 2.20. The second-order valence-corrected chi connectivity index (χ2v) is 4.51. The molecule has 0 spiro atoms. The molecule has 1 heterocycles. The van der Waals surface area contributed by atoms with Crippen LogP contribution in [0, 0.1) is 0 Å². The van der Waals surface area contributed by atoms with Crippen molar-refractivity contribution in [3.63, 3.8) is 0 Å². The Morgan fingerprint density at radius 3 is 2.88 bits per heavy atom. The number of rotatable bonds is 2. The number of benzene rings is 1. The maximum absolute atomic E-state index is 11.7. The monoisotopic (exact) mass is 234 g/mol. The lowest BCUT2D eigenvalue weighted by atomic mass is 9.89. The van der Waals surface area contributed by atoms with E-state index in [-0.39, 0.29) is 11.8 Å². The molecule has 0 aromatic heterocycles. The summed E-state index contributed by atoms with van der Waals surface area (Å²) in [5.41, 5.74) is 7.55. The average Bonchev–Trinajstić information content (AvgIpc) is 2.33. The second-order valence-electron chi connectivity index (χ2n) is 4.51. The minimum Gasteiger partial charge on any atom is -0.495 e. The largest absolute Gasteiger partial charge is 0.495 e. The number of hydrogen-bond donors (Lipinski definition) is 1. The van der Waals surface area contributed by atoms with Gasteiger partial charge in [0.15, 0.2) is 0 Å². The van der Waals surface area contributed by atoms with Crippen molar-refractivity contribution in [2.24, 2.45) is 0 Å². The van der Waals surface area contributed by atoms with E-state index in [1.165, 1.54) is 0 Å². The molecule has 1 fully saturated rings. The molecule has 0 radical (unpaired) electrons. The van der Waals surface area contributed by atoms with Crippen LogP contribution < -0.4 is 10.5 Å². The van der Waals surface area contributed by atoms with Crippen LogP contribution in [0.15, 0.2) is 18.2 Å². The summed E-state index contributed by atoms with van der Waals surface area (Å²) < 4.78 is 5.20. The lowest BCUT2D eigenvalue weighted by molar-refractivity contribution is -0.132. The number of nitrogen functional groups attached to an aromatic ring is 1. The molecule has 0 saturated carbocycles. The molecular weight excluding hydrogens is 216 g/mol. The Bertz CT molecular complexity index is 431. The number of amides is 1. The molecule has 2 rings (SSSR count). The van der Waals surface area contributed by atoms with Crippen molar-refractivity contribution in [3.05, 3.63) is 23.8 Å². The van der Waals surface area contributed by atoms with Gasteiger partial charge >= 0.3 is 0 Å². The number of nitrogens with two attached hydrogens (primary N) is 1. The number of carbonyl (C=O) groups excluding carboxylic acids is 1. The first-order valence-corrected chi connectivity index (χ1v) is 5.79. The van der Waals surface area contributed by atoms with E-state index in [1.54, 1.807) is 12.0 Å². The van der Waals surface area contributed by atoms with Gasteiger partial charge in [-0.25, -0.2) is 0 Å². The highest BCUT2D eigenvalue weighted by Gasteiger charge is 2.24. The van der Waals surface area contributed by atoms with Crippen molar-refractivity contribution < 1.29 is 9.53 Å². The van der Waals surface area contributed by atoms with Gasteiger partial charge in [-0.2, -0.15) is 0 Å². The van der Waals surface area contributed by atoms with Gasteiger partial charge < -0.3 is 15.4 Å². The first-order chi connectivity index (χ1) is 8.11. The van der Waals surface area contributed by atoms with E-state index < -0.39 is 0 Å². The van der Waals surface area contributed by atoms with Crippen molar-refractivity contribution in [2.75, 3.05) is 26.4 Å². The van der Waals surface area contributed by atoms with Crippen LogP contribution >= 0.6 is 0 Å². The highest BCUT2D eigenvalue weighted by molar-refractivity contribution is 5.77. The third-order valence-electron chi connectivity index (χ3n) is 3.39. The summed E-state index contributed by atoms with van der Waals surface area (Å²) in [6.45, 7) is 0.816. The van der Waals surface area contributed by atoms with E-state index in [9.17, 15) is 4.79 Å². The number of likely N-dealkylation sites (tertiary alicyclic amines) is 1. The van der Waals surface area contributed by atoms with Gasteiger partial charge in [-0.05, 0) is 30.0 Å². The molecule has 1 atom stereocenters. The molecule has 17 heavy (non-hydrogen) atoms. The third-order valence-corrected chi connectivity index (χ3v) is 3.39. The first-order valence-electron chi connectivity index (χ1n) is 5.79. The van der Waals surface area contributed by atoms with E-state index in [2.05, 4.69) is 0 Å². The molecule has 1 aromatic rings. The molecule has 92 valence electrons. The second kappa shape index (κ2) is 4.65. The smallest absolute Gasteiger partial charge is 0.222 e. The average molecular weight is 234 g/mol. The van der Waals surface area contributed by atoms with Crippen molar-refractivity contribution >= 4 is 11.6 Å². The van der Waals surface area contributed by atoms with Crippen molar-refractivity contribution in [1.82, 2.24) is 4.90 Å². The molecule has 1 aromatic carbocycles. The van der Waals surface area contributed by atoms with Gasteiger partial charge in [0.1, 0.15) is 5.75 Å². The molecule has 1 aliphatic heterocycles. The van der Waals surface area contributed by atoms with Crippen LogP contribution in [0.25, 0.3) is 0 Å². The standard InChI is InChI=1S/C13H18N2O2/c1-15-6-5-10(8-13(15)16)9-3-4-11(14)12(7-9)17-2/h3-4,7,10H,5-6,8,14H2,1-2H3. The SMILES string of the molecule is COc1cc(C2CCN(C)C(=O)C2)ccc1N. The predicted octanol–water partition coefficient (Wildman–Crippen LogP) is 1.61. The van der Waals surface area contributed by atoms with E-state index in [0.717, 1.165) is 18.5 Å². The summed E-state index contributed by atoms with van der Waals surface area (Å²) in [6.07, 6.45) is 1.57. The lowest BCUT2D eigenvalue weighted by Crippen LogP contribution is -2.34. The number of nitrogens with zero attached hydrogens (tertiary/aromatic N) is 1. The van der Waals surface area contributed by atoms with Gasteiger partial charge in [0, 0.05) is 20.0 Å². The van der Waals surface area contributed by atoms with Gasteiger partial charge in [-0.1, -0.05) is 6.07 Å². The molecule has 4 nitrogen and oxygen atoms in total. The zero-order valence-corrected chi connectivity index (χ0v) is 10.3. The Morgan fingerprint density at radius 2 is 2.24 bits per heavy atom. The summed E-state index contributed by atoms with van der Waals surface area (Å²) in [5.74, 6) is 1.18. The Hall–Kier alpha value is -1.71. The summed E-state index contributed by atoms with van der Waals surface area (Å²) in [7, 11) is 3.46. The molecule has 2 N–H and O–H groups in total. The molecule has 0 aliphatic carbocycles. The molecule has 1 aliphatic rings.